The van der Waals surface area contributed by atoms with E-state index in [0.717, 1.165) is 0 Å². The maximum atomic E-state index is 8.88. The molecule has 3 N–H and O–H groups in total. The minimum Gasteiger partial charge on any atom is -0.303 e. The lowest BCUT2D eigenvalue weighted by Gasteiger charge is -1.82. The molecular weight excluding hydrogens is 114 g/mol. The number of hydrogen-bond acceptors (Lipinski definition) is 1. The quantitative estimate of drug-likeness (QED) is 0.365. The first-order valence-corrected chi connectivity index (χ1v) is 2.35. The maximum Gasteiger partial charge on any atom is 0.466 e. The van der Waals surface area contributed by atoms with Gasteiger partial charge in [-0.2, -0.15) is 0 Å². The van der Waals surface area contributed by atoms with Crippen LogP contribution in [0.25, 0.3) is 0 Å². The highest BCUT2D eigenvalue weighted by Crippen LogP contribution is 2.25. The van der Waals surface area contributed by atoms with Crippen LogP contribution in [0.4, 0.5) is 4.70 Å². The van der Waals surface area contributed by atoms with Gasteiger partial charge in [-0.1, -0.05) is 0 Å². The second kappa shape index (κ2) is 2.25. The molecule has 0 atom stereocenters. The van der Waals surface area contributed by atoms with E-state index in [1.54, 1.807) is 0 Å². The first-order chi connectivity index (χ1) is 2.00. The highest BCUT2D eigenvalue weighted by atomic mass is 31.2. The Morgan fingerprint density at radius 1 is 1.17 bits per heavy atom. The van der Waals surface area contributed by atoms with E-state index < -0.39 is 7.82 Å². The highest BCUT2D eigenvalue weighted by molar-refractivity contribution is 7.45. The van der Waals surface area contributed by atoms with Gasteiger partial charge in [-0.05, 0) is 0 Å². The van der Waals surface area contributed by atoms with E-state index in [9.17, 15) is 0 Å². The summed E-state index contributed by atoms with van der Waals surface area (Å²) in [4.78, 5) is 21.6. The number of halogens is 1. The lowest BCUT2D eigenvalue weighted by molar-refractivity contribution is 0.275. The van der Waals surface area contributed by atoms with Gasteiger partial charge in [0.05, 0.1) is 0 Å². The summed E-state index contributed by atoms with van der Waals surface area (Å²) in [5.74, 6) is 0. The van der Waals surface area contributed by atoms with Crippen molar-refractivity contribution in [2.75, 3.05) is 0 Å². The molecule has 4 nitrogen and oxygen atoms in total. The Balaban J connectivity index is 0. The van der Waals surface area contributed by atoms with Crippen LogP contribution in [0.1, 0.15) is 0 Å². The summed E-state index contributed by atoms with van der Waals surface area (Å²) in [6.07, 6.45) is 0. The van der Waals surface area contributed by atoms with Gasteiger partial charge in [0.15, 0.2) is 0 Å². The van der Waals surface area contributed by atoms with Crippen molar-refractivity contribution in [3.05, 3.63) is 0 Å². The highest BCUT2D eigenvalue weighted by Gasteiger charge is 2.00. The van der Waals surface area contributed by atoms with Crippen molar-refractivity contribution in [3.63, 3.8) is 0 Å². The van der Waals surface area contributed by atoms with Gasteiger partial charge in [-0.25, -0.2) is 4.57 Å². The summed E-state index contributed by atoms with van der Waals surface area (Å²) in [5, 5.41) is 0. The Morgan fingerprint density at radius 3 is 1.17 bits per heavy atom. The lowest BCUT2D eigenvalue weighted by Crippen LogP contribution is -1.66. The molecule has 40 valence electrons. The molecule has 0 heterocycles. The van der Waals surface area contributed by atoms with E-state index >= 15 is 0 Å². The lowest BCUT2D eigenvalue weighted by atomic mass is 15.8. The maximum absolute atomic E-state index is 8.88. The Kier molecular flexibility index (Phi) is 3.53. The molecule has 6 heavy (non-hydrogen) atoms. The summed E-state index contributed by atoms with van der Waals surface area (Å²) in [6.45, 7) is 0. The molecule has 6 heteroatoms. The van der Waals surface area contributed by atoms with Crippen LogP contribution in [0.2, 0.25) is 0 Å². The average molecular weight is 118 g/mol. The first kappa shape index (κ1) is 9.40. The van der Waals surface area contributed by atoms with Crippen molar-refractivity contribution in [1.82, 2.24) is 0 Å². The summed E-state index contributed by atoms with van der Waals surface area (Å²) < 4.78 is 8.88. The van der Waals surface area contributed by atoms with Gasteiger partial charge < -0.3 is 14.7 Å². The standard InChI is InChI=1S/FH.H3O4P/c;1-5(2,3)4/h1H;(H3,1,2,3,4). The molecule has 0 aliphatic heterocycles. The predicted octanol–water partition coefficient (Wildman–Crippen LogP) is -0.776. The molecule has 0 aliphatic rings. The SMILES string of the molecule is F.O=P(O)(O)O. The van der Waals surface area contributed by atoms with Crippen LogP contribution in [-0.4, -0.2) is 14.7 Å². The van der Waals surface area contributed by atoms with Crippen LogP contribution in [0.5, 0.6) is 0 Å². The molecular formula is H4FO4P. The van der Waals surface area contributed by atoms with Crippen molar-refractivity contribution < 1.29 is 23.9 Å². The summed E-state index contributed by atoms with van der Waals surface area (Å²) in [7, 11) is -4.64. The monoisotopic (exact) mass is 118 g/mol. The molecule has 0 aromatic heterocycles. The van der Waals surface area contributed by atoms with Crippen LogP contribution >= 0.6 is 7.82 Å². The van der Waals surface area contributed by atoms with E-state index in [0.29, 0.717) is 0 Å². The molecule has 0 rings (SSSR count). The summed E-state index contributed by atoms with van der Waals surface area (Å²) in [5.41, 5.74) is 0. The van der Waals surface area contributed by atoms with Crippen LogP contribution in [0.15, 0.2) is 0 Å². The molecule has 0 amide bonds. The summed E-state index contributed by atoms with van der Waals surface area (Å²) in [6, 6.07) is 0. The largest absolute Gasteiger partial charge is 0.466 e. The smallest absolute Gasteiger partial charge is 0.303 e. The molecule has 0 aliphatic carbocycles. The average Bonchev–Trinajstić information content (AvgIpc) is 0.722. The molecule has 0 aromatic rings. The van der Waals surface area contributed by atoms with E-state index in [-0.39, 0.29) is 4.70 Å². The number of hydrogen-bond donors (Lipinski definition) is 3. The second-order valence-corrected chi connectivity index (χ2v) is 1.54. The van der Waals surface area contributed by atoms with Gasteiger partial charge in [0.1, 0.15) is 0 Å². The third kappa shape index (κ3) is 23300. The van der Waals surface area contributed by atoms with E-state index in [4.69, 9.17) is 19.2 Å². The molecule has 0 fully saturated rings. The zero-order chi connectivity index (χ0) is 4.50. The van der Waals surface area contributed by atoms with E-state index in [1.807, 2.05) is 0 Å². The molecule has 0 radical (unpaired) electrons. The predicted molar refractivity (Wildman–Crippen MR) is 16.8 cm³/mol. The topological polar surface area (TPSA) is 77.8 Å². The van der Waals surface area contributed by atoms with Gasteiger partial charge in [0.2, 0.25) is 0 Å². The first-order valence-electron chi connectivity index (χ1n) is 0.783. The van der Waals surface area contributed by atoms with Crippen LogP contribution in [0, 0.1) is 0 Å². The fourth-order valence-electron chi connectivity index (χ4n) is 0. The third-order valence-corrected chi connectivity index (χ3v) is 0. The zero-order valence-electron chi connectivity index (χ0n) is 2.61. The van der Waals surface area contributed by atoms with Gasteiger partial charge in [-0.3, -0.25) is 4.70 Å². The Hall–Kier alpha value is 0.0400. The van der Waals surface area contributed by atoms with E-state index in [1.165, 1.54) is 0 Å². The molecule has 0 bridgehead atoms. The molecule has 0 saturated carbocycles. The molecule has 0 unspecified atom stereocenters. The van der Waals surface area contributed by atoms with Gasteiger partial charge in [0, 0.05) is 0 Å². The van der Waals surface area contributed by atoms with Gasteiger partial charge in [0.25, 0.3) is 0 Å². The minimum atomic E-state index is -4.64. The normalized spacial score (nSPS) is 9.83. The zero-order valence-corrected chi connectivity index (χ0v) is 3.50. The van der Waals surface area contributed by atoms with Gasteiger partial charge in [-0.15, -0.1) is 0 Å². The van der Waals surface area contributed by atoms with Gasteiger partial charge >= 0.3 is 7.82 Å². The fourth-order valence-corrected chi connectivity index (χ4v) is 0. The Bertz CT molecular complexity index is 53.7. The Labute approximate surface area is 33.0 Å². The van der Waals surface area contributed by atoms with Crippen molar-refractivity contribution >= 4 is 7.82 Å². The summed E-state index contributed by atoms with van der Waals surface area (Å²) >= 11 is 0. The molecule has 0 aromatic carbocycles. The number of rotatable bonds is 0. The molecule has 0 saturated heterocycles. The Morgan fingerprint density at radius 2 is 1.17 bits per heavy atom. The fraction of sp³-hybridized carbons (Fsp3) is 0. The van der Waals surface area contributed by atoms with Crippen LogP contribution < -0.4 is 0 Å². The van der Waals surface area contributed by atoms with Crippen molar-refractivity contribution in [3.8, 4) is 0 Å². The van der Waals surface area contributed by atoms with Crippen LogP contribution in [0.3, 0.4) is 0 Å². The van der Waals surface area contributed by atoms with Crippen LogP contribution in [-0.2, 0) is 4.57 Å². The van der Waals surface area contributed by atoms with Crippen molar-refractivity contribution in [2.45, 2.75) is 0 Å². The third-order valence-electron chi connectivity index (χ3n) is 0. The van der Waals surface area contributed by atoms with Crippen molar-refractivity contribution in [2.24, 2.45) is 0 Å². The second-order valence-electron chi connectivity index (χ2n) is 0.513. The molecule has 0 spiro atoms. The van der Waals surface area contributed by atoms with Crippen molar-refractivity contribution in [1.29, 1.82) is 0 Å². The minimum absolute atomic E-state index is 0. The van der Waals surface area contributed by atoms with E-state index in [2.05, 4.69) is 0 Å². The number of phosphoric acid groups is 1.